The first kappa shape index (κ1) is 30.2. The minimum Gasteiger partial charge on any atom is -0.469 e. The Bertz CT molecular complexity index is 1080. The minimum atomic E-state index is -0.553. The molecule has 0 bridgehead atoms. The van der Waals surface area contributed by atoms with Gasteiger partial charge in [-0.2, -0.15) is 11.8 Å². The molecule has 0 saturated heterocycles. The normalized spacial score (nSPS) is 17.8. The number of thioether (sulfide) groups is 1. The molecule has 1 saturated carbocycles. The van der Waals surface area contributed by atoms with Crippen molar-refractivity contribution in [1.29, 1.82) is 0 Å². The van der Waals surface area contributed by atoms with Gasteiger partial charge >= 0.3 is 12.1 Å². The summed E-state index contributed by atoms with van der Waals surface area (Å²) in [7, 11) is 1.48. The second-order valence-corrected chi connectivity index (χ2v) is 11.9. The Balaban J connectivity index is 0.000000341. The molecule has 1 aromatic carbocycles. The summed E-state index contributed by atoms with van der Waals surface area (Å²) in [5.41, 5.74) is 3.33. The molecule has 0 aliphatic heterocycles. The Morgan fingerprint density at radius 2 is 1.86 bits per heavy atom. The van der Waals surface area contributed by atoms with Crippen molar-refractivity contribution in [2.24, 2.45) is 22.4 Å². The largest absolute Gasteiger partial charge is 0.469 e. The molecular weight excluding hydrogens is 488 g/mol. The van der Waals surface area contributed by atoms with Crippen molar-refractivity contribution >= 4 is 30.0 Å². The molecule has 8 heteroatoms. The Kier molecular flexibility index (Phi) is 11.0. The SMILES string of the molecule is CC(C)=C[C@@H]1[C@@H](C(=O)OCc2coc(Cc3ccccc3)c2)C1(C)C.CNC(=O)O/N=C/C(C)(C)SC. The van der Waals surface area contributed by atoms with Gasteiger partial charge in [0.15, 0.2) is 0 Å². The van der Waals surface area contributed by atoms with Crippen LogP contribution in [0.2, 0.25) is 0 Å². The van der Waals surface area contributed by atoms with E-state index in [4.69, 9.17) is 9.15 Å². The number of esters is 1. The van der Waals surface area contributed by atoms with Gasteiger partial charge in [-0.1, -0.05) is 61.0 Å². The van der Waals surface area contributed by atoms with E-state index >= 15 is 0 Å². The van der Waals surface area contributed by atoms with E-state index < -0.39 is 6.09 Å². The lowest BCUT2D eigenvalue weighted by atomic mass is 10.1. The number of hydrogen-bond donors (Lipinski definition) is 1. The maximum atomic E-state index is 12.4. The van der Waals surface area contributed by atoms with Crippen LogP contribution in [0.3, 0.4) is 0 Å². The molecule has 2 atom stereocenters. The smallest absolute Gasteiger partial charge is 0.433 e. The topological polar surface area (TPSA) is 90.1 Å². The van der Waals surface area contributed by atoms with Gasteiger partial charge in [0.1, 0.15) is 12.4 Å². The van der Waals surface area contributed by atoms with Crippen LogP contribution in [-0.2, 0) is 27.4 Å². The molecule has 3 rings (SSSR count). The predicted molar refractivity (Wildman–Crippen MR) is 150 cm³/mol. The summed E-state index contributed by atoms with van der Waals surface area (Å²) in [6, 6.07) is 12.1. The van der Waals surface area contributed by atoms with Crippen molar-refractivity contribution in [3.63, 3.8) is 0 Å². The third-order valence-corrected chi connectivity index (χ3v) is 7.37. The third-order valence-electron chi connectivity index (χ3n) is 6.22. The van der Waals surface area contributed by atoms with Crippen molar-refractivity contribution in [2.45, 2.75) is 59.3 Å². The lowest BCUT2D eigenvalue weighted by molar-refractivity contribution is -0.147. The van der Waals surface area contributed by atoms with Gasteiger partial charge < -0.3 is 14.5 Å². The molecule has 1 aromatic heterocycles. The van der Waals surface area contributed by atoms with Gasteiger partial charge in [0.2, 0.25) is 0 Å². The number of hydrogen-bond acceptors (Lipinski definition) is 7. The number of nitrogens with zero attached hydrogens (tertiary/aromatic N) is 1. The molecule has 7 nitrogen and oxygen atoms in total. The van der Waals surface area contributed by atoms with Crippen molar-refractivity contribution in [1.82, 2.24) is 5.32 Å². The molecular formula is C29H40N2O5S. The van der Waals surface area contributed by atoms with Crippen LogP contribution in [0.25, 0.3) is 0 Å². The highest BCUT2D eigenvalue weighted by molar-refractivity contribution is 8.00. The van der Waals surface area contributed by atoms with Crippen molar-refractivity contribution < 1.29 is 23.6 Å². The maximum absolute atomic E-state index is 12.4. The average Bonchev–Trinajstić information content (AvgIpc) is 3.15. The number of oxime groups is 1. The van der Waals surface area contributed by atoms with E-state index in [9.17, 15) is 9.59 Å². The van der Waals surface area contributed by atoms with Crippen molar-refractivity contribution in [3.05, 3.63) is 71.2 Å². The summed E-state index contributed by atoms with van der Waals surface area (Å²) in [6.07, 6.45) is 7.60. The van der Waals surface area contributed by atoms with E-state index in [0.717, 1.165) is 17.7 Å². The molecule has 37 heavy (non-hydrogen) atoms. The van der Waals surface area contributed by atoms with Crippen molar-refractivity contribution in [2.75, 3.05) is 13.3 Å². The Labute approximate surface area is 225 Å². The third kappa shape index (κ3) is 9.76. The number of carbonyl (C=O) groups is 2. The van der Waals surface area contributed by atoms with Crippen LogP contribution in [0.15, 0.2) is 63.9 Å². The molecule has 1 aliphatic rings. The molecule has 202 valence electrons. The molecule has 0 spiro atoms. The van der Waals surface area contributed by atoms with Gasteiger partial charge in [-0.3, -0.25) is 9.63 Å². The van der Waals surface area contributed by atoms with E-state index in [2.05, 4.69) is 61.2 Å². The fourth-order valence-electron chi connectivity index (χ4n) is 3.73. The van der Waals surface area contributed by atoms with Crippen LogP contribution in [0.5, 0.6) is 0 Å². The number of amides is 1. The molecule has 1 amide bonds. The monoisotopic (exact) mass is 528 g/mol. The van der Waals surface area contributed by atoms with E-state index in [-0.39, 0.29) is 34.6 Å². The number of benzene rings is 1. The molecule has 2 aromatic rings. The van der Waals surface area contributed by atoms with Crippen LogP contribution in [-0.4, -0.2) is 36.3 Å². The van der Waals surface area contributed by atoms with E-state index in [0.29, 0.717) is 0 Å². The predicted octanol–water partition coefficient (Wildman–Crippen LogP) is 6.62. The lowest BCUT2D eigenvalue weighted by Crippen LogP contribution is -2.19. The average molecular weight is 529 g/mol. The molecule has 1 fully saturated rings. The number of allylic oxidation sites excluding steroid dienone is 2. The van der Waals surface area contributed by atoms with E-state index in [1.54, 1.807) is 24.2 Å². The molecule has 0 unspecified atom stereocenters. The highest BCUT2D eigenvalue weighted by Gasteiger charge is 2.61. The van der Waals surface area contributed by atoms with Gasteiger partial charge in [0.05, 0.1) is 18.4 Å². The van der Waals surface area contributed by atoms with Crippen molar-refractivity contribution in [3.8, 4) is 0 Å². The first-order valence-corrected chi connectivity index (χ1v) is 13.5. The Hall–Kier alpha value is -3.00. The lowest BCUT2D eigenvalue weighted by Gasteiger charge is -2.13. The fourth-order valence-corrected chi connectivity index (χ4v) is 3.88. The second-order valence-electron chi connectivity index (χ2n) is 10.4. The summed E-state index contributed by atoms with van der Waals surface area (Å²) in [5, 5.41) is 5.81. The maximum Gasteiger partial charge on any atom is 0.433 e. The number of ether oxygens (including phenoxy) is 1. The second kappa shape index (κ2) is 13.5. The van der Waals surface area contributed by atoms with Crippen LogP contribution < -0.4 is 5.32 Å². The molecule has 1 N–H and O–H groups in total. The zero-order valence-electron chi connectivity index (χ0n) is 23.2. The van der Waals surface area contributed by atoms with Gasteiger partial charge in [-0.25, -0.2) is 4.79 Å². The zero-order valence-corrected chi connectivity index (χ0v) is 24.0. The number of carbonyl (C=O) groups excluding carboxylic acids is 2. The highest BCUT2D eigenvalue weighted by atomic mass is 32.2. The summed E-state index contributed by atoms with van der Waals surface area (Å²) in [6.45, 7) is 12.6. The van der Waals surface area contributed by atoms with E-state index in [1.165, 1.54) is 18.2 Å². The summed E-state index contributed by atoms with van der Waals surface area (Å²) < 4.78 is 11.0. The summed E-state index contributed by atoms with van der Waals surface area (Å²) in [4.78, 5) is 27.4. The van der Waals surface area contributed by atoms with Crippen LogP contribution >= 0.6 is 11.8 Å². The fraction of sp³-hybridized carbons (Fsp3) is 0.483. The van der Waals surface area contributed by atoms with E-state index in [1.807, 2.05) is 44.4 Å². The number of rotatable bonds is 9. The summed E-state index contributed by atoms with van der Waals surface area (Å²) in [5.74, 6) is 1.01. The van der Waals surface area contributed by atoms with Gasteiger partial charge in [0, 0.05) is 23.8 Å². The quantitative estimate of drug-likeness (QED) is 0.129. The summed E-state index contributed by atoms with van der Waals surface area (Å²) >= 11 is 1.63. The molecule has 0 radical (unpaired) electrons. The van der Waals surface area contributed by atoms with Crippen LogP contribution in [0, 0.1) is 17.3 Å². The Morgan fingerprint density at radius 1 is 1.19 bits per heavy atom. The zero-order chi connectivity index (χ0) is 27.6. The molecule has 1 aliphatic carbocycles. The Morgan fingerprint density at radius 3 is 2.46 bits per heavy atom. The van der Waals surface area contributed by atoms with Gasteiger partial charge in [-0.15, -0.1) is 0 Å². The van der Waals surface area contributed by atoms with Crippen LogP contribution in [0.4, 0.5) is 4.79 Å². The first-order valence-electron chi connectivity index (χ1n) is 12.3. The van der Waals surface area contributed by atoms with Gasteiger partial charge in [0.25, 0.3) is 0 Å². The number of nitrogens with one attached hydrogen (secondary N) is 1. The highest BCUT2D eigenvalue weighted by Crippen LogP contribution is 2.59. The molecule has 1 heterocycles. The standard InChI is InChI=1S/C22H26O3.C7H14N2O2S/c1-15(2)10-19-20(22(19,3)4)21(23)25-14-17-12-18(24-13-17)11-16-8-6-5-7-9-16;1-7(2,12-4)5-9-11-6(10)8-3/h5-10,12-13,19-20H,11,14H2,1-4H3;5H,1-4H3,(H,8,10)/b;9-5+/t19-,20+;/m1./s1. The number of furan rings is 1. The van der Waals surface area contributed by atoms with Gasteiger partial charge in [-0.05, 0) is 56.9 Å². The van der Waals surface area contributed by atoms with Crippen LogP contribution in [0.1, 0.15) is 58.4 Å². The first-order chi connectivity index (χ1) is 17.4. The minimum absolute atomic E-state index is 0.0107.